The molecule has 61 heavy (non-hydrogen) atoms. The second-order valence-electron chi connectivity index (χ2n) is 14.3. The van der Waals surface area contributed by atoms with Gasteiger partial charge in [0.1, 0.15) is 12.3 Å². The smallest absolute Gasteiger partial charge is 0.390 e. The third kappa shape index (κ3) is 17.8. The van der Waals surface area contributed by atoms with Crippen LogP contribution in [0.4, 0.5) is 4.79 Å². The molecule has 344 valence electrons. The van der Waals surface area contributed by atoms with Gasteiger partial charge in [-0.3, -0.25) is 33.3 Å². The zero-order chi connectivity index (χ0) is 44.8. The fraction of sp³-hybridized carbons (Fsp3) is 0.688. The van der Waals surface area contributed by atoms with Gasteiger partial charge in [0.15, 0.2) is 0 Å². The van der Waals surface area contributed by atoms with E-state index in [4.69, 9.17) is 14.5 Å². The topological polar surface area (TPSA) is 373 Å². The maximum absolute atomic E-state index is 12.5. The monoisotopic (exact) mass is 947 g/mol. The molecule has 8 atom stereocenters. The summed E-state index contributed by atoms with van der Waals surface area (Å²) in [6.07, 6.45) is 5.55. The first-order valence-corrected chi connectivity index (χ1v) is 24.9. The van der Waals surface area contributed by atoms with Crippen LogP contribution in [0.2, 0.25) is 0 Å². The lowest BCUT2D eigenvalue weighted by atomic mass is 10.0. The molecule has 4 rings (SSSR count). The molecule has 5 amide bonds. The highest BCUT2D eigenvalue weighted by molar-refractivity contribution is 8.00. The number of nitrogens with one attached hydrogen (secondary N) is 6. The van der Waals surface area contributed by atoms with E-state index in [2.05, 4.69) is 44.7 Å². The fourth-order valence-corrected chi connectivity index (χ4v) is 11.1. The predicted molar refractivity (Wildman–Crippen MR) is 215 cm³/mol. The van der Waals surface area contributed by atoms with Crippen LogP contribution in [-0.2, 0) is 46.0 Å². The second kappa shape index (κ2) is 23.5. The van der Waals surface area contributed by atoms with Gasteiger partial charge in [-0.25, -0.2) is 23.3 Å². The Labute approximate surface area is 353 Å². The Kier molecular flexibility index (Phi) is 19.4. The largest absolute Gasteiger partial charge is 0.490 e. The van der Waals surface area contributed by atoms with Crippen LogP contribution in [-0.4, -0.2) is 120 Å². The first kappa shape index (κ1) is 50.4. The summed E-state index contributed by atoms with van der Waals surface area (Å²) in [5.74, 6) is 0.451. The Morgan fingerprint density at radius 1 is 0.869 bits per heavy atom. The standard InChI is InChI=1S/C32H52N7O18P3S/c40-22-16-28(55-23(22)18-54-59(50,51)57-60(52,53)56-58(47,48)49)39-17-20(30(44)38-32(39)46)8-6-14-34-27(43)12-7-15-35-25(41)10-2-1-5-13-33-26(42)11-4-3-9-24-29-21(19-61-24)36-31(45)37-29/h6,8,17,21-24,28-29,40H,1-5,7,9-16,18-19H2,(H,33,42)(H,34,43)(H,35,41)(H,50,51)(H,52,53)(H2,36,37,45)(H,38,44,46)(H2,47,48,49)/b8-6+/t21-,22-,23+,24-,28+,29-/m0/s1. The molecule has 3 aliphatic heterocycles. The molecule has 0 radical (unpaired) electrons. The first-order valence-electron chi connectivity index (χ1n) is 19.3. The minimum absolute atomic E-state index is 0.00415. The van der Waals surface area contributed by atoms with Crippen LogP contribution in [0.3, 0.4) is 0 Å². The number of amides is 5. The van der Waals surface area contributed by atoms with E-state index < -0.39 is 59.8 Å². The third-order valence-corrected chi connectivity index (χ3v) is 14.7. The number of carbonyl (C=O) groups is 4. The van der Waals surface area contributed by atoms with Crippen LogP contribution in [0.1, 0.15) is 82.4 Å². The summed E-state index contributed by atoms with van der Waals surface area (Å²) < 4.78 is 52.4. The van der Waals surface area contributed by atoms with Gasteiger partial charge in [0.2, 0.25) is 17.7 Å². The molecule has 2 unspecified atom stereocenters. The predicted octanol–water partition coefficient (Wildman–Crippen LogP) is -0.0435. The van der Waals surface area contributed by atoms with Crippen molar-refractivity contribution >= 4 is 65.1 Å². The van der Waals surface area contributed by atoms with Crippen molar-refractivity contribution in [1.29, 1.82) is 0 Å². The van der Waals surface area contributed by atoms with E-state index in [1.807, 2.05) is 11.8 Å². The SMILES string of the molecule is O=C(CCCNC(=O)CCCCCNC(=O)CCCC[C@@H]1SC[C@@H]2NC(=O)N[C@@H]21)NC/C=C/c1cn([C@H]2C[C@H](O)[C@@H](COP(=O)(O)OP(=O)(O)OP(=O)(O)O)O2)c(=O)[nH]c1=O. The summed E-state index contributed by atoms with van der Waals surface area (Å²) in [6, 6.07) is 0.260. The van der Waals surface area contributed by atoms with E-state index in [1.165, 1.54) is 12.2 Å². The Morgan fingerprint density at radius 2 is 1.52 bits per heavy atom. The molecule has 0 bridgehead atoms. The Morgan fingerprint density at radius 3 is 2.23 bits per heavy atom. The highest BCUT2D eigenvalue weighted by atomic mass is 32.2. The Balaban J connectivity index is 1.04. The number of phosphoric acid groups is 3. The van der Waals surface area contributed by atoms with Crippen molar-refractivity contribution in [3.8, 4) is 0 Å². The van der Waals surface area contributed by atoms with Gasteiger partial charge in [-0.15, -0.1) is 0 Å². The molecule has 0 saturated carbocycles. The number of urea groups is 1. The molecule has 4 heterocycles. The molecule has 1 aromatic rings. The molecular formula is C32H52N7O18P3S. The third-order valence-electron chi connectivity index (χ3n) is 9.43. The minimum Gasteiger partial charge on any atom is -0.390 e. The van der Waals surface area contributed by atoms with Crippen LogP contribution in [0.15, 0.2) is 21.9 Å². The van der Waals surface area contributed by atoms with E-state index in [1.54, 1.807) is 0 Å². The Bertz CT molecular complexity index is 2000. The number of aliphatic hydroxyl groups is 1. The van der Waals surface area contributed by atoms with Gasteiger partial charge in [0.25, 0.3) is 5.56 Å². The van der Waals surface area contributed by atoms with Gasteiger partial charge < -0.3 is 56.0 Å². The molecule has 0 aromatic carbocycles. The summed E-state index contributed by atoms with van der Waals surface area (Å²) in [5, 5.41) is 24.9. The van der Waals surface area contributed by atoms with Crippen LogP contribution < -0.4 is 37.8 Å². The van der Waals surface area contributed by atoms with Crippen molar-refractivity contribution in [3.05, 3.63) is 38.7 Å². The number of unbranched alkanes of at least 4 members (excludes halogenated alkanes) is 3. The average molecular weight is 948 g/mol. The number of H-pyrrole nitrogens is 1. The zero-order valence-corrected chi connectivity index (χ0v) is 36.3. The van der Waals surface area contributed by atoms with Gasteiger partial charge in [0, 0.05) is 62.5 Å². The van der Waals surface area contributed by atoms with Gasteiger partial charge >= 0.3 is 35.2 Å². The lowest BCUT2D eigenvalue weighted by molar-refractivity contribution is -0.122. The number of phosphoric ester groups is 1. The number of ether oxygens (including phenoxy) is 1. The summed E-state index contributed by atoms with van der Waals surface area (Å²) in [4.78, 5) is 111. The molecule has 1 aromatic heterocycles. The van der Waals surface area contributed by atoms with Crippen LogP contribution in [0, 0.1) is 0 Å². The van der Waals surface area contributed by atoms with E-state index in [0.717, 1.165) is 48.6 Å². The second-order valence-corrected chi connectivity index (χ2v) is 20.0. The van der Waals surface area contributed by atoms with Crippen molar-refractivity contribution in [2.24, 2.45) is 0 Å². The fourth-order valence-electron chi connectivity index (χ4n) is 6.53. The molecule has 25 nitrogen and oxygen atoms in total. The number of nitrogens with zero attached hydrogens (tertiary/aromatic N) is 1. The summed E-state index contributed by atoms with van der Waals surface area (Å²) in [5.41, 5.74) is -1.77. The summed E-state index contributed by atoms with van der Waals surface area (Å²) in [6.45, 7) is -0.130. The average Bonchev–Trinajstić information content (AvgIpc) is 3.83. The molecular weight excluding hydrogens is 895 g/mol. The molecule has 3 saturated heterocycles. The van der Waals surface area contributed by atoms with Crippen LogP contribution in [0.5, 0.6) is 0 Å². The van der Waals surface area contributed by atoms with Crippen molar-refractivity contribution < 1.29 is 75.4 Å². The number of aliphatic hydroxyl groups excluding tert-OH is 1. The van der Waals surface area contributed by atoms with Crippen molar-refractivity contribution in [2.45, 2.75) is 106 Å². The van der Waals surface area contributed by atoms with Gasteiger partial charge in [-0.05, 0) is 32.1 Å². The van der Waals surface area contributed by atoms with Crippen molar-refractivity contribution in [2.75, 3.05) is 32.0 Å². The highest BCUT2D eigenvalue weighted by Crippen LogP contribution is 2.66. The van der Waals surface area contributed by atoms with E-state index >= 15 is 0 Å². The summed E-state index contributed by atoms with van der Waals surface area (Å²) >= 11 is 1.86. The maximum atomic E-state index is 12.5. The van der Waals surface area contributed by atoms with Crippen LogP contribution >= 0.6 is 35.2 Å². The molecule has 0 spiro atoms. The zero-order valence-electron chi connectivity index (χ0n) is 32.8. The normalized spacial score (nSPS) is 24.4. The molecule has 3 aliphatic rings. The number of thioether (sulfide) groups is 1. The van der Waals surface area contributed by atoms with Crippen molar-refractivity contribution in [1.82, 2.24) is 36.1 Å². The lowest BCUT2D eigenvalue weighted by Gasteiger charge is -2.19. The van der Waals surface area contributed by atoms with Gasteiger partial charge in [-0.2, -0.15) is 20.4 Å². The molecule has 29 heteroatoms. The number of fused-ring (bicyclic) bond motifs is 1. The molecule has 3 fully saturated rings. The maximum Gasteiger partial charge on any atom is 0.490 e. The van der Waals surface area contributed by atoms with E-state index in [-0.39, 0.29) is 60.8 Å². The number of aromatic nitrogens is 2. The lowest BCUT2D eigenvalue weighted by Crippen LogP contribution is -2.36. The van der Waals surface area contributed by atoms with E-state index in [9.17, 15) is 57.4 Å². The highest BCUT2D eigenvalue weighted by Gasteiger charge is 2.44. The van der Waals surface area contributed by atoms with Gasteiger partial charge in [-0.1, -0.05) is 25.0 Å². The quantitative estimate of drug-likeness (QED) is 0.0330. The minimum atomic E-state index is -5.77. The first-order chi connectivity index (χ1) is 28.7. The van der Waals surface area contributed by atoms with Crippen molar-refractivity contribution in [3.63, 3.8) is 0 Å². The molecule has 0 aliphatic carbocycles. The summed E-state index contributed by atoms with van der Waals surface area (Å²) in [7, 11) is -16.9. The van der Waals surface area contributed by atoms with E-state index in [0.29, 0.717) is 44.0 Å². The Hall–Kier alpha value is -3.22. The molecule has 11 N–H and O–H groups in total. The number of carbonyl (C=O) groups excluding carboxylic acids is 4. The van der Waals surface area contributed by atoms with Gasteiger partial charge in [0.05, 0.1) is 30.4 Å². The number of aromatic amines is 1. The van der Waals surface area contributed by atoms with Crippen LogP contribution in [0.25, 0.3) is 6.08 Å². The number of hydrogen-bond acceptors (Lipinski definition) is 15. The number of hydrogen-bond donors (Lipinski definition) is 11. The number of rotatable bonds is 26.